The van der Waals surface area contributed by atoms with E-state index in [4.69, 9.17) is 23.2 Å². The molecule has 0 radical (unpaired) electrons. The third-order valence-electron chi connectivity index (χ3n) is 3.41. The first-order valence-corrected chi connectivity index (χ1v) is 6.46. The van der Waals surface area contributed by atoms with Crippen LogP contribution in [0.3, 0.4) is 0 Å². The highest BCUT2D eigenvalue weighted by Crippen LogP contribution is 2.36. The van der Waals surface area contributed by atoms with Crippen LogP contribution in [-0.2, 0) is 0 Å². The van der Waals surface area contributed by atoms with Crippen LogP contribution < -0.4 is 0 Å². The molecule has 0 unspecified atom stereocenters. The minimum atomic E-state index is 0.176. The van der Waals surface area contributed by atoms with Crippen molar-refractivity contribution in [2.45, 2.75) is 32.2 Å². The second-order valence-electron chi connectivity index (χ2n) is 4.68. The Hall–Kier alpha value is -0.870. The van der Waals surface area contributed by atoms with Crippen molar-refractivity contribution in [3.05, 3.63) is 16.8 Å². The molecule has 3 rings (SSSR count). The molecule has 0 amide bonds. The van der Waals surface area contributed by atoms with E-state index in [-0.39, 0.29) is 5.28 Å². The summed E-state index contributed by atoms with van der Waals surface area (Å²) in [6, 6.07) is 0.456. The number of hydrogen-bond acceptors (Lipinski definition) is 3. The molecule has 1 fully saturated rings. The largest absolute Gasteiger partial charge is 0.312 e. The van der Waals surface area contributed by atoms with Crippen molar-refractivity contribution < 1.29 is 0 Å². The summed E-state index contributed by atoms with van der Waals surface area (Å²) in [6.07, 6.45) is 5.36. The van der Waals surface area contributed by atoms with Crippen molar-refractivity contribution in [2.75, 3.05) is 0 Å². The summed E-state index contributed by atoms with van der Waals surface area (Å²) in [5.74, 6) is 0.755. The van der Waals surface area contributed by atoms with Gasteiger partial charge in [-0.2, -0.15) is 4.98 Å². The minimum absolute atomic E-state index is 0.176. The van der Waals surface area contributed by atoms with Crippen LogP contribution in [0.15, 0.2) is 6.33 Å². The molecule has 0 spiro atoms. The predicted molar refractivity (Wildman–Crippen MR) is 67.4 cm³/mol. The monoisotopic (exact) mass is 270 g/mol. The molecule has 17 heavy (non-hydrogen) atoms. The number of halogens is 2. The van der Waals surface area contributed by atoms with Crippen LogP contribution in [-0.4, -0.2) is 19.5 Å². The molecule has 0 aliphatic heterocycles. The van der Waals surface area contributed by atoms with Gasteiger partial charge in [0, 0.05) is 6.04 Å². The van der Waals surface area contributed by atoms with Gasteiger partial charge in [-0.05, 0) is 36.8 Å². The van der Waals surface area contributed by atoms with E-state index in [1.165, 1.54) is 6.42 Å². The minimum Gasteiger partial charge on any atom is -0.312 e. The van der Waals surface area contributed by atoms with Gasteiger partial charge in [-0.3, -0.25) is 0 Å². The van der Waals surface area contributed by atoms with Crippen LogP contribution in [0.5, 0.6) is 0 Å². The van der Waals surface area contributed by atoms with Crippen molar-refractivity contribution >= 4 is 34.4 Å². The number of fused-ring (bicyclic) bond motifs is 1. The zero-order valence-corrected chi connectivity index (χ0v) is 10.9. The Morgan fingerprint density at radius 2 is 2.12 bits per heavy atom. The van der Waals surface area contributed by atoms with E-state index in [0.717, 1.165) is 24.4 Å². The van der Waals surface area contributed by atoms with Gasteiger partial charge in [-0.1, -0.05) is 18.5 Å². The van der Waals surface area contributed by atoms with E-state index in [0.29, 0.717) is 16.7 Å². The van der Waals surface area contributed by atoms with Crippen molar-refractivity contribution in [2.24, 2.45) is 5.92 Å². The smallest absolute Gasteiger partial charge is 0.225 e. The Bertz CT molecular complexity index is 566. The van der Waals surface area contributed by atoms with Gasteiger partial charge >= 0.3 is 0 Å². The van der Waals surface area contributed by atoms with E-state index < -0.39 is 0 Å². The van der Waals surface area contributed by atoms with Gasteiger partial charge in [0.05, 0.1) is 6.33 Å². The molecule has 2 atom stereocenters. The summed E-state index contributed by atoms with van der Waals surface area (Å²) < 4.78 is 2.08. The molecule has 2 aromatic heterocycles. The Kier molecular flexibility index (Phi) is 2.71. The third kappa shape index (κ3) is 1.89. The quantitative estimate of drug-likeness (QED) is 0.589. The molecule has 4 nitrogen and oxygen atoms in total. The second-order valence-corrected chi connectivity index (χ2v) is 5.38. The molecule has 1 aliphatic rings. The van der Waals surface area contributed by atoms with Gasteiger partial charge in [0.2, 0.25) is 5.28 Å². The van der Waals surface area contributed by atoms with E-state index in [1.807, 2.05) is 0 Å². The topological polar surface area (TPSA) is 43.6 Å². The SMILES string of the molecule is C[C@@H]1CC[C@H](n2cnc3c(Cl)nc(Cl)nc32)C1. The van der Waals surface area contributed by atoms with Gasteiger partial charge in [-0.25, -0.2) is 9.97 Å². The van der Waals surface area contributed by atoms with Crippen molar-refractivity contribution in [1.82, 2.24) is 19.5 Å². The number of hydrogen-bond donors (Lipinski definition) is 0. The van der Waals surface area contributed by atoms with Crippen molar-refractivity contribution in [3.63, 3.8) is 0 Å². The molecule has 0 N–H and O–H groups in total. The third-order valence-corrected chi connectivity index (χ3v) is 3.84. The van der Waals surface area contributed by atoms with E-state index in [9.17, 15) is 0 Å². The highest BCUT2D eigenvalue weighted by molar-refractivity contribution is 6.35. The maximum Gasteiger partial charge on any atom is 0.225 e. The average molecular weight is 271 g/mol. The molecule has 6 heteroatoms. The van der Waals surface area contributed by atoms with E-state index in [1.54, 1.807) is 6.33 Å². The van der Waals surface area contributed by atoms with Gasteiger partial charge in [0.1, 0.15) is 5.52 Å². The summed E-state index contributed by atoms with van der Waals surface area (Å²) >= 11 is 11.8. The highest BCUT2D eigenvalue weighted by atomic mass is 35.5. The molecular formula is C11H12Cl2N4. The zero-order chi connectivity index (χ0) is 12.0. The highest BCUT2D eigenvalue weighted by Gasteiger charge is 2.25. The van der Waals surface area contributed by atoms with Gasteiger partial charge < -0.3 is 4.57 Å². The summed E-state index contributed by atoms with van der Waals surface area (Å²) in [5.41, 5.74) is 1.38. The van der Waals surface area contributed by atoms with Gasteiger partial charge in [0.25, 0.3) is 0 Å². The lowest BCUT2D eigenvalue weighted by molar-refractivity contribution is 0.502. The molecule has 90 valence electrons. The fourth-order valence-electron chi connectivity index (χ4n) is 2.55. The van der Waals surface area contributed by atoms with Crippen LogP contribution in [0.4, 0.5) is 0 Å². The molecule has 0 saturated heterocycles. The number of imidazole rings is 1. The molecule has 0 aromatic carbocycles. The molecule has 1 saturated carbocycles. The van der Waals surface area contributed by atoms with Gasteiger partial charge in [-0.15, -0.1) is 0 Å². The first kappa shape index (κ1) is 11.2. The van der Waals surface area contributed by atoms with Crippen molar-refractivity contribution in [3.8, 4) is 0 Å². The lowest BCUT2D eigenvalue weighted by Crippen LogP contribution is -2.05. The second kappa shape index (κ2) is 4.10. The lowest BCUT2D eigenvalue weighted by Gasteiger charge is -2.11. The molecule has 1 aliphatic carbocycles. The number of aromatic nitrogens is 4. The normalized spacial score (nSPS) is 24.6. The summed E-state index contributed by atoms with van der Waals surface area (Å²) in [6.45, 7) is 2.27. The van der Waals surface area contributed by atoms with Crippen LogP contribution in [0.1, 0.15) is 32.2 Å². The van der Waals surface area contributed by atoms with Gasteiger partial charge in [0.15, 0.2) is 10.8 Å². The average Bonchev–Trinajstić information content (AvgIpc) is 2.83. The maximum atomic E-state index is 6.00. The first-order chi connectivity index (χ1) is 8.15. The Labute approximate surface area is 109 Å². The molecule has 2 heterocycles. The van der Waals surface area contributed by atoms with Crippen LogP contribution in [0.25, 0.3) is 11.2 Å². The van der Waals surface area contributed by atoms with Crippen molar-refractivity contribution in [1.29, 1.82) is 0 Å². The first-order valence-electron chi connectivity index (χ1n) is 5.70. The fraction of sp³-hybridized carbons (Fsp3) is 0.545. The van der Waals surface area contributed by atoms with Crippen LogP contribution in [0.2, 0.25) is 10.4 Å². The fourth-order valence-corrected chi connectivity index (χ4v) is 2.98. The summed E-state index contributed by atoms with van der Waals surface area (Å²) in [7, 11) is 0. The molecule has 0 bridgehead atoms. The zero-order valence-electron chi connectivity index (χ0n) is 9.40. The number of nitrogens with zero attached hydrogens (tertiary/aromatic N) is 4. The number of rotatable bonds is 1. The van der Waals surface area contributed by atoms with E-state index >= 15 is 0 Å². The molecular weight excluding hydrogens is 259 g/mol. The van der Waals surface area contributed by atoms with E-state index in [2.05, 4.69) is 26.4 Å². The Morgan fingerprint density at radius 1 is 1.29 bits per heavy atom. The predicted octanol–water partition coefficient (Wildman–Crippen LogP) is 3.49. The Balaban J connectivity index is 2.11. The lowest BCUT2D eigenvalue weighted by atomic mass is 10.1. The maximum absolute atomic E-state index is 6.00. The molecule has 2 aromatic rings. The Morgan fingerprint density at radius 3 is 2.82 bits per heavy atom. The summed E-state index contributed by atoms with van der Waals surface area (Å²) in [5, 5.41) is 0.500. The van der Waals surface area contributed by atoms with Crippen LogP contribution in [0, 0.1) is 5.92 Å². The standard InChI is InChI=1S/C11H12Cl2N4/c1-6-2-3-7(4-6)17-5-14-8-9(12)15-11(13)16-10(8)17/h5-7H,2-4H2,1H3/t6-,7+/m1/s1. The summed E-state index contributed by atoms with van der Waals surface area (Å²) in [4.78, 5) is 12.4. The van der Waals surface area contributed by atoms with Crippen LogP contribution >= 0.6 is 23.2 Å².